The van der Waals surface area contributed by atoms with Crippen LogP contribution >= 0.6 is 0 Å². The monoisotopic (exact) mass is 256 g/mol. The molecule has 0 aromatic heterocycles. The number of aliphatic carboxylic acids is 1. The summed E-state index contributed by atoms with van der Waals surface area (Å²) in [6.45, 7) is 3.88. The molecule has 3 N–H and O–H groups in total. The summed E-state index contributed by atoms with van der Waals surface area (Å²) in [5.41, 5.74) is -1.18. The van der Waals surface area contributed by atoms with Crippen LogP contribution in [-0.4, -0.2) is 29.2 Å². The van der Waals surface area contributed by atoms with Crippen molar-refractivity contribution in [2.24, 2.45) is 5.92 Å². The Morgan fingerprint density at radius 1 is 1.33 bits per heavy atom. The molecule has 2 amide bonds. The van der Waals surface area contributed by atoms with Crippen LogP contribution in [0.15, 0.2) is 0 Å². The lowest BCUT2D eigenvalue weighted by atomic mass is 10.00. The first-order chi connectivity index (χ1) is 8.48. The van der Waals surface area contributed by atoms with E-state index in [1.807, 2.05) is 0 Å². The molecule has 0 radical (unpaired) electrons. The van der Waals surface area contributed by atoms with Crippen molar-refractivity contribution >= 4 is 12.0 Å². The summed E-state index contributed by atoms with van der Waals surface area (Å²) in [4.78, 5) is 22.6. The Hall–Kier alpha value is -1.26. The lowest BCUT2D eigenvalue weighted by Crippen LogP contribution is -2.55. The quantitative estimate of drug-likeness (QED) is 0.681. The Balaban J connectivity index is 2.25. The molecular formula is C13H24N2O3. The van der Waals surface area contributed by atoms with Gasteiger partial charge in [0.15, 0.2) is 0 Å². The van der Waals surface area contributed by atoms with Crippen molar-refractivity contribution in [3.8, 4) is 0 Å². The molecule has 1 aliphatic carbocycles. The van der Waals surface area contributed by atoms with Gasteiger partial charge in [-0.2, -0.15) is 0 Å². The number of rotatable bonds is 6. The predicted molar refractivity (Wildman–Crippen MR) is 69.4 cm³/mol. The topological polar surface area (TPSA) is 78.4 Å². The van der Waals surface area contributed by atoms with Gasteiger partial charge >= 0.3 is 12.0 Å². The van der Waals surface area contributed by atoms with Crippen molar-refractivity contribution in [2.75, 3.05) is 6.54 Å². The first-order valence-electron chi connectivity index (χ1n) is 6.77. The Morgan fingerprint density at radius 3 is 2.44 bits per heavy atom. The standard InChI is InChI=1S/C13H24N2O3/c1-3-13(2,11(16)17)15-12(18)14-9-8-10-6-4-5-7-10/h10H,3-9H2,1-2H3,(H,16,17)(H2,14,15,18). The van der Waals surface area contributed by atoms with Gasteiger partial charge in [0.25, 0.3) is 0 Å². The van der Waals surface area contributed by atoms with Crippen LogP contribution in [0.2, 0.25) is 0 Å². The molecule has 1 fully saturated rings. The molecular weight excluding hydrogens is 232 g/mol. The summed E-state index contributed by atoms with van der Waals surface area (Å²) >= 11 is 0. The Bertz CT molecular complexity index is 301. The van der Waals surface area contributed by atoms with Gasteiger partial charge in [0.1, 0.15) is 5.54 Å². The minimum Gasteiger partial charge on any atom is -0.480 e. The van der Waals surface area contributed by atoms with Crippen molar-refractivity contribution in [3.05, 3.63) is 0 Å². The molecule has 1 unspecified atom stereocenters. The summed E-state index contributed by atoms with van der Waals surface area (Å²) < 4.78 is 0. The fourth-order valence-electron chi connectivity index (χ4n) is 2.28. The van der Waals surface area contributed by atoms with E-state index in [1.54, 1.807) is 6.92 Å². The maximum Gasteiger partial charge on any atom is 0.329 e. The normalized spacial score (nSPS) is 19.2. The molecule has 0 aromatic carbocycles. The van der Waals surface area contributed by atoms with Gasteiger partial charge in [-0.05, 0) is 25.7 Å². The fourth-order valence-corrected chi connectivity index (χ4v) is 2.28. The summed E-state index contributed by atoms with van der Waals surface area (Å²) in [6.07, 6.45) is 6.45. The number of carboxylic acid groups (broad SMARTS) is 1. The summed E-state index contributed by atoms with van der Waals surface area (Å²) in [6, 6.07) is -0.389. The zero-order valence-corrected chi connectivity index (χ0v) is 11.3. The second-order valence-corrected chi connectivity index (χ2v) is 5.31. The van der Waals surface area contributed by atoms with Crippen molar-refractivity contribution in [3.63, 3.8) is 0 Å². The number of hydrogen-bond acceptors (Lipinski definition) is 2. The Morgan fingerprint density at radius 2 is 1.94 bits per heavy atom. The predicted octanol–water partition coefficient (Wildman–Crippen LogP) is 2.12. The molecule has 0 saturated heterocycles. The average molecular weight is 256 g/mol. The number of amides is 2. The third-order valence-corrected chi connectivity index (χ3v) is 3.88. The number of carboxylic acids is 1. The average Bonchev–Trinajstić information content (AvgIpc) is 2.81. The molecule has 104 valence electrons. The van der Waals surface area contributed by atoms with Gasteiger partial charge in [-0.3, -0.25) is 0 Å². The van der Waals surface area contributed by atoms with Crippen LogP contribution < -0.4 is 10.6 Å². The van der Waals surface area contributed by atoms with Crippen molar-refractivity contribution < 1.29 is 14.7 Å². The molecule has 5 heteroatoms. The maximum atomic E-state index is 11.6. The van der Waals surface area contributed by atoms with Gasteiger partial charge in [-0.15, -0.1) is 0 Å². The van der Waals surface area contributed by atoms with Crippen LogP contribution in [0.1, 0.15) is 52.4 Å². The summed E-state index contributed by atoms with van der Waals surface area (Å²) in [7, 11) is 0. The highest BCUT2D eigenvalue weighted by Crippen LogP contribution is 2.26. The van der Waals surface area contributed by atoms with Crippen molar-refractivity contribution in [1.82, 2.24) is 10.6 Å². The van der Waals surface area contributed by atoms with Gasteiger partial charge in [0.05, 0.1) is 0 Å². The van der Waals surface area contributed by atoms with Crippen LogP contribution in [0, 0.1) is 5.92 Å². The second-order valence-electron chi connectivity index (χ2n) is 5.31. The molecule has 0 heterocycles. The molecule has 1 atom stereocenters. The minimum atomic E-state index is -1.18. The molecule has 1 aliphatic rings. The van der Waals surface area contributed by atoms with E-state index >= 15 is 0 Å². The number of carbonyl (C=O) groups is 2. The van der Waals surface area contributed by atoms with Crippen molar-refractivity contribution in [1.29, 1.82) is 0 Å². The largest absolute Gasteiger partial charge is 0.480 e. The first kappa shape index (κ1) is 14.8. The van der Waals surface area contributed by atoms with E-state index in [-0.39, 0.29) is 6.03 Å². The molecule has 18 heavy (non-hydrogen) atoms. The molecule has 1 rings (SSSR count). The van der Waals surface area contributed by atoms with Crippen LogP contribution in [0.5, 0.6) is 0 Å². The summed E-state index contributed by atoms with van der Waals surface area (Å²) in [5.74, 6) is -0.279. The third-order valence-electron chi connectivity index (χ3n) is 3.88. The van der Waals surface area contributed by atoms with Crippen molar-refractivity contribution in [2.45, 2.75) is 57.9 Å². The van der Waals surface area contributed by atoms with Gasteiger partial charge in [-0.25, -0.2) is 9.59 Å². The zero-order valence-electron chi connectivity index (χ0n) is 11.3. The van der Waals surface area contributed by atoms with E-state index in [9.17, 15) is 9.59 Å². The minimum absolute atomic E-state index is 0.360. The highest BCUT2D eigenvalue weighted by Gasteiger charge is 2.32. The fraction of sp³-hybridized carbons (Fsp3) is 0.846. The van der Waals surface area contributed by atoms with Gasteiger partial charge in [-0.1, -0.05) is 32.6 Å². The molecule has 0 bridgehead atoms. The van der Waals surface area contributed by atoms with E-state index in [2.05, 4.69) is 10.6 Å². The van der Waals surface area contributed by atoms with Gasteiger partial charge in [0.2, 0.25) is 0 Å². The highest BCUT2D eigenvalue weighted by atomic mass is 16.4. The molecule has 5 nitrogen and oxygen atoms in total. The van der Waals surface area contributed by atoms with E-state index in [1.165, 1.54) is 32.6 Å². The first-order valence-corrected chi connectivity index (χ1v) is 6.77. The van der Waals surface area contributed by atoms with Crippen LogP contribution in [-0.2, 0) is 4.79 Å². The van der Waals surface area contributed by atoms with Crippen LogP contribution in [0.3, 0.4) is 0 Å². The molecule has 0 aliphatic heterocycles. The van der Waals surface area contributed by atoms with E-state index < -0.39 is 11.5 Å². The van der Waals surface area contributed by atoms with Gasteiger partial charge in [0, 0.05) is 6.54 Å². The SMILES string of the molecule is CCC(C)(NC(=O)NCCC1CCCC1)C(=O)O. The van der Waals surface area contributed by atoms with Crippen LogP contribution in [0.4, 0.5) is 4.79 Å². The van der Waals surface area contributed by atoms with E-state index in [0.717, 1.165) is 12.3 Å². The zero-order chi connectivity index (χ0) is 13.6. The Kier molecular flexibility index (Phi) is 5.44. The molecule has 1 saturated carbocycles. The smallest absolute Gasteiger partial charge is 0.329 e. The molecule has 0 spiro atoms. The van der Waals surface area contributed by atoms with E-state index in [4.69, 9.17) is 5.11 Å². The number of hydrogen-bond donors (Lipinski definition) is 3. The number of urea groups is 1. The Labute approximate surface area is 108 Å². The second kappa shape index (κ2) is 6.61. The number of carbonyl (C=O) groups excluding carboxylic acids is 1. The lowest BCUT2D eigenvalue weighted by Gasteiger charge is -2.24. The molecule has 0 aromatic rings. The van der Waals surface area contributed by atoms with Gasteiger partial charge < -0.3 is 15.7 Å². The lowest BCUT2D eigenvalue weighted by molar-refractivity contribution is -0.143. The number of nitrogens with one attached hydrogen (secondary N) is 2. The summed E-state index contributed by atoms with van der Waals surface area (Å²) in [5, 5.41) is 14.3. The highest BCUT2D eigenvalue weighted by molar-refractivity contribution is 5.85. The third kappa shape index (κ3) is 4.20. The van der Waals surface area contributed by atoms with Crippen LogP contribution in [0.25, 0.3) is 0 Å². The van der Waals surface area contributed by atoms with E-state index in [0.29, 0.717) is 13.0 Å². The maximum absolute atomic E-state index is 11.6.